The molecule has 0 fully saturated rings. The molecule has 10 heteroatoms. The minimum Gasteiger partial charge on any atom is -0.484 e. The van der Waals surface area contributed by atoms with Gasteiger partial charge in [0.05, 0.1) is 16.8 Å². The van der Waals surface area contributed by atoms with Gasteiger partial charge in [0.1, 0.15) is 11.8 Å². The second-order valence-electron chi connectivity index (χ2n) is 4.60. The van der Waals surface area contributed by atoms with Crippen LogP contribution < -0.4 is 15.8 Å². The number of hydrogen-bond acceptors (Lipinski definition) is 6. The summed E-state index contributed by atoms with van der Waals surface area (Å²) in [5, 5.41) is 2.83. The van der Waals surface area contributed by atoms with Crippen molar-refractivity contribution in [3.05, 3.63) is 18.2 Å². The topological polar surface area (TPSA) is 86.5 Å². The number of amides is 1. The van der Waals surface area contributed by atoms with Crippen molar-refractivity contribution in [2.75, 3.05) is 25.6 Å². The van der Waals surface area contributed by atoms with E-state index in [1.54, 1.807) is 0 Å². The number of halogens is 3. The average Bonchev–Trinajstić information content (AvgIpc) is 2.85. The van der Waals surface area contributed by atoms with Gasteiger partial charge < -0.3 is 20.5 Å². The molecule has 1 aromatic heterocycles. The van der Waals surface area contributed by atoms with Crippen molar-refractivity contribution in [1.82, 2.24) is 4.98 Å². The maximum Gasteiger partial charge on any atom is 0.422 e. The summed E-state index contributed by atoms with van der Waals surface area (Å²) >= 11 is 1.11. The van der Waals surface area contributed by atoms with Crippen molar-refractivity contribution in [1.29, 1.82) is 0 Å². The molecule has 1 aromatic carbocycles. The molecule has 0 saturated heterocycles. The zero-order chi connectivity index (χ0) is 17.0. The van der Waals surface area contributed by atoms with Crippen molar-refractivity contribution in [2.24, 2.45) is 5.73 Å². The van der Waals surface area contributed by atoms with Crippen LogP contribution in [0.3, 0.4) is 0 Å². The van der Waals surface area contributed by atoms with E-state index < -0.39 is 24.7 Å². The van der Waals surface area contributed by atoms with Crippen LogP contribution in [-0.2, 0) is 9.53 Å². The first kappa shape index (κ1) is 17.4. The Morgan fingerprint density at radius 1 is 1.48 bits per heavy atom. The lowest BCUT2D eigenvalue weighted by Crippen LogP contribution is -2.39. The molecule has 0 spiro atoms. The predicted octanol–water partition coefficient (Wildman–Crippen LogP) is 2.15. The van der Waals surface area contributed by atoms with Crippen LogP contribution in [0.5, 0.6) is 5.75 Å². The van der Waals surface area contributed by atoms with Crippen molar-refractivity contribution in [2.45, 2.75) is 12.2 Å². The smallest absolute Gasteiger partial charge is 0.422 e. The molecule has 3 N–H and O–H groups in total. The van der Waals surface area contributed by atoms with Crippen LogP contribution in [0.1, 0.15) is 0 Å². The van der Waals surface area contributed by atoms with Gasteiger partial charge in [-0.1, -0.05) is 11.3 Å². The Labute approximate surface area is 133 Å². The van der Waals surface area contributed by atoms with Gasteiger partial charge in [-0.2, -0.15) is 13.2 Å². The molecule has 0 aliphatic rings. The molecule has 1 amide bonds. The maximum atomic E-state index is 12.1. The fraction of sp³-hybridized carbons (Fsp3) is 0.385. The SMILES string of the molecule is COCC(N)C(=O)Nc1nc2ccc(OCC(F)(F)F)cc2s1. The quantitative estimate of drug-likeness (QED) is 0.834. The fourth-order valence-corrected chi connectivity index (χ4v) is 2.56. The van der Waals surface area contributed by atoms with Crippen molar-refractivity contribution >= 4 is 32.6 Å². The monoisotopic (exact) mass is 349 g/mol. The molecule has 0 aliphatic heterocycles. The minimum atomic E-state index is -4.40. The van der Waals surface area contributed by atoms with Gasteiger partial charge in [-0.05, 0) is 18.2 Å². The highest BCUT2D eigenvalue weighted by molar-refractivity contribution is 7.22. The first-order valence-corrected chi connectivity index (χ1v) is 7.25. The molecular formula is C13H14F3N3O3S. The number of benzene rings is 1. The Kier molecular flexibility index (Phi) is 5.39. The van der Waals surface area contributed by atoms with Gasteiger partial charge in [-0.25, -0.2) is 4.98 Å². The molecule has 6 nitrogen and oxygen atoms in total. The largest absolute Gasteiger partial charge is 0.484 e. The molecule has 0 aliphatic carbocycles. The molecule has 2 aromatic rings. The summed E-state index contributed by atoms with van der Waals surface area (Å²) in [6, 6.07) is 3.50. The van der Waals surface area contributed by atoms with Gasteiger partial charge in [0, 0.05) is 7.11 Å². The predicted molar refractivity (Wildman–Crippen MR) is 79.7 cm³/mol. The molecule has 0 saturated carbocycles. The van der Waals surface area contributed by atoms with E-state index in [2.05, 4.69) is 15.0 Å². The average molecular weight is 349 g/mol. The maximum absolute atomic E-state index is 12.1. The number of rotatable bonds is 6. The summed E-state index contributed by atoms with van der Waals surface area (Å²) in [6.45, 7) is -1.31. The molecule has 1 unspecified atom stereocenters. The number of nitrogens with two attached hydrogens (primary N) is 1. The molecule has 0 bridgehead atoms. The number of methoxy groups -OCH3 is 1. The summed E-state index contributed by atoms with van der Waals surface area (Å²) in [4.78, 5) is 15.9. The van der Waals surface area contributed by atoms with Crippen molar-refractivity contribution in [3.8, 4) is 5.75 Å². The van der Waals surface area contributed by atoms with Crippen LogP contribution in [0.4, 0.5) is 18.3 Å². The Morgan fingerprint density at radius 3 is 2.87 bits per heavy atom. The van der Waals surface area contributed by atoms with E-state index in [0.717, 1.165) is 11.3 Å². The fourth-order valence-electron chi connectivity index (χ4n) is 1.67. The molecule has 126 valence electrons. The Hall–Kier alpha value is -1.91. The van der Waals surface area contributed by atoms with E-state index in [0.29, 0.717) is 15.3 Å². The lowest BCUT2D eigenvalue weighted by molar-refractivity contribution is -0.153. The molecule has 2 rings (SSSR count). The Bertz CT molecular complexity index is 690. The van der Waals surface area contributed by atoms with Crippen molar-refractivity contribution < 1.29 is 27.4 Å². The van der Waals surface area contributed by atoms with Crippen LogP contribution >= 0.6 is 11.3 Å². The van der Waals surface area contributed by atoms with E-state index in [9.17, 15) is 18.0 Å². The summed E-state index contributed by atoms with van der Waals surface area (Å²) in [6.07, 6.45) is -4.40. The third kappa shape index (κ3) is 5.05. The number of ether oxygens (including phenoxy) is 2. The number of fused-ring (bicyclic) bond motifs is 1. The third-order valence-electron chi connectivity index (χ3n) is 2.68. The highest BCUT2D eigenvalue weighted by Gasteiger charge is 2.28. The number of aromatic nitrogens is 1. The third-order valence-corrected chi connectivity index (χ3v) is 3.61. The van der Waals surface area contributed by atoms with Crippen LogP contribution in [0.2, 0.25) is 0 Å². The van der Waals surface area contributed by atoms with Gasteiger partial charge in [-0.3, -0.25) is 4.79 Å². The van der Waals surface area contributed by atoms with Gasteiger partial charge in [0.25, 0.3) is 0 Å². The second-order valence-corrected chi connectivity index (χ2v) is 5.63. The lowest BCUT2D eigenvalue weighted by atomic mass is 10.3. The molecule has 1 atom stereocenters. The van der Waals surface area contributed by atoms with Gasteiger partial charge in [-0.15, -0.1) is 0 Å². The highest BCUT2D eigenvalue weighted by Crippen LogP contribution is 2.30. The number of carbonyl (C=O) groups is 1. The second kappa shape index (κ2) is 7.11. The zero-order valence-electron chi connectivity index (χ0n) is 12.0. The molecule has 1 heterocycles. The van der Waals surface area contributed by atoms with E-state index in [1.807, 2.05) is 0 Å². The Balaban J connectivity index is 2.08. The number of nitrogens with one attached hydrogen (secondary N) is 1. The lowest BCUT2D eigenvalue weighted by Gasteiger charge is -2.08. The summed E-state index contributed by atoms with van der Waals surface area (Å²) in [5.41, 5.74) is 6.12. The van der Waals surface area contributed by atoms with Crippen LogP contribution in [0, 0.1) is 0 Å². The number of nitrogens with zero attached hydrogens (tertiary/aromatic N) is 1. The van der Waals surface area contributed by atoms with Gasteiger partial charge in [0.2, 0.25) is 5.91 Å². The number of alkyl halides is 3. The highest BCUT2D eigenvalue weighted by atomic mass is 32.1. The number of thiazole rings is 1. The van der Waals surface area contributed by atoms with Crippen LogP contribution in [0.25, 0.3) is 10.2 Å². The first-order chi connectivity index (χ1) is 10.8. The normalized spacial score (nSPS) is 13.1. The zero-order valence-corrected chi connectivity index (χ0v) is 12.8. The number of carbonyl (C=O) groups excluding carboxylic acids is 1. The molecule has 23 heavy (non-hydrogen) atoms. The number of hydrogen-bond donors (Lipinski definition) is 2. The van der Waals surface area contributed by atoms with Crippen LogP contribution in [0.15, 0.2) is 18.2 Å². The summed E-state index contributed by atoms with van der Waals surface area (Å²) in [7, 11) is 1.42. The summed E-state index contributed by atoms with van der Waals surface area (Å²) in [5.74, 6) is -0.383. The van der Waals surface area contributed by atoms with E-state index in [-0.39, 0.29) is 12.4 Å². The van der Waals surface area contributed by atoms with E-state index in [4.69, 9.17) is 10.5 Å². The molecule has 0 radical (unpaired) electrons. The van der Waals surface area contributed by atoms with Gasteiger partial charge in [0.15, 0.2) is 11.7 Å². The number of anilines is 1. The van der Waals surface area contributed by atoms with Gasteiger partial charge >= 0.3 is 6.18 Å². The standard InChI is InChI=1S/C13H14F3N3O3S/c1-21-5-8(17)11(20)19-12-18-9-3-2-7(4-10(9)23-12)22-6-13(14,15)16/h2-4,8H,5-6,17H2,1H3,(H,18,19,20). The first-order valence-electron chi connectivity index (χ1n) is 6.44. The van der Waals surface area contributed by atoms with E-state index in [1.165, 1.54) is 25.3 Å². The Morgan fingerprint density at radius 2 is 2.22 bits per heavy atom. The van der Waals surface area contributed by atoms with Crippen molar-refractivity contribution in [3.63, 3.8) is 0 Å². The van der Waals surface area contributed by atoms with Crippen LogP contribution in [-0.4, -0.2) is 43.4 Å². The minimum absolute atomic E-state index is 0.0617. The molecular weight excluding hydrogens is 335 g/mol. The summed E-state index contributed by atoms with van der Waals surface area (Å²) < 4.78 is 46.4. The van der Waals surface area contributed by atoms with E-state index >= 15 is 0 Å².